The average molecular weight is 280 g/mol. The molecule has 104 valence electrons. The van der Waals surface area contributed by atoms with Gasteiger partial charge >= 0.3 is 0 Å². The van der Waals surface area contributed by atoms with E-state index in [0.29, 0.717) is 23.3 Å². The summed E-state index contributed by atoms with van der Waals surface area (Å²) < 4.78 is 0. The number of nitrogens with one attached hydrogen (secondary N) is 1. The van der Waals surface area contributed by atoms with Crippen molar-refractivity contribution in [3.63, 3.8) is 0 Å². The highest BCUT2D eigenvalue weighted by molar-refractivity contribution is 6.36. The number of nitrogens with zero attached hydrogens (tertiary/aromatic N) is 1. The van der Waals surface area contributed by atoms with Crippen molar-refractivity contribution in [3.05, 3.63) is 59.2 Å². The summed E-state index contributed by atoms with van der Waals surface area (Å²) in [7, 11) is 0. The number of hydrogen-bond acceptors (Lipinski definition) is 3. The van der Waals surface area contributed by atoms with Gasteiger partial charge in [0, 0.05) is 0 Å². The number of benzene rings is 2. The Hall–Kier alpha value is -2.95. The lowest BCUT2D eigenvalue weighted by atomic mass is 10.1. The molecule has 5 nitrogen and oxygen atoms in total. The lowest BCUT2D eigenvalue weighted by molar-refractivity contribution is -0.105. The number of carbonyl (C=O) groups excluding carboxylic acids is 3. The second-order valence-corrected chi connectivity index (χ2v) is 4.72. The van der Waals surface area contributed by atoms with Gasteiger partial charge in [0.2, 0.25) is 6.41 Å². The first kappa shape index (κ1) is 13.1. The molecule has 2 aromatic carbocycles. The maximum Gasteiger partial charge on any atom is 0.268 e. The molecular formula is C16H12N2O3. The fourth-order valence-electron chi connectivity index (χ4n) is 2.50. The molecule has 0 radical (unpaired) electrons. The van der Waals surface area contributed by atoms with Gasteiger partial charge in [-0.3, -0.25) is 14.4 Å². The molecule has 3 rings (SSSR count). The number of imide groups is 1. The third kappa shape index (κ3) is 1.90. The predicted molar refractivity (Wildman–Crippen MR) is 78.4 cm³/mol. The molecule has 0 saturated carbocycles. The predicted octanol–water partition coefficient (Wildman–Crippen LogP) is 2.36. The lowest BCUT2D eigenvalue weighted by Crippen LogP contribution is -2.30. The number of fused-ring (bicyclic) bond motifs is 1. The van der Waals surface area contributed by atoms with Crippen LogP contribution in [-0.4, -0.2) is 18.2 Å². The van der Waals surface area contributed by atoms with Crippen LogP contribution in [0.4, 0.5) is 11.4 Å². The van der Waals surface area contributed by atoms with E-state index in [2.05, 4.69) is 5.32 Å². The molecule has 2 aromatic rings. The first-order chi connectivity index (χ1) is 10.1. The first-order valence-corrected chi connectivity index (χ1v) is 6.42. The van der Waals surface area contributed by atoms with Crippen LogP contribution in [0.15, 0.2) is 42.5 Å². The molecule has 0 spiro atoms. The summed E-state index contributed by atoms with van der Waals surface area (Å²) in [6.45, 7) is 1.84. The second-order valence-electron chi connectivity index (χ2n) is 4.72. The molecule has 1 heterocycles. The van der Waals surface area contributed by atoms with Crippen molar-refractivity contribution in [1.29, 1.82) is 0 Å². The van der Waals surface area contributed by atoms with E-state index in [1.54, 1.807) is 30.3 Å². The van der Waals surface area contributed by atoms with Crippen molar-refractivity contribution < 1.29 is 14.4 Å². The maximum absolute atomic E-state index is 12.6. The highest BCUT2D eigenvalue weighted by Crippen LogP contribution is 2.33. The number of aryl methyl sites for hydroxylation is 1. The van der Waals surface area contributed by atoms with Crippen LogP contribution in [0.5, 0.6) is 0 Å². The standard InChI is InChI=1S/C16H12N2O3/c1-10-5-2-3-8-13(10)18-15(20)11-6-4-7-12(17-9-19)14(11)16(18)21/h2-9H,1H3,(H,17,19). The number of amides is 3. The third-order valence-electron chi connectivity index (χ3n) is 3.49. The van der Waals surface area contributed by atoms with E-state index in [0.717, 1.165) is 10.5 Å². The zero-order valence-corrected chi connectivity index (χ0v) is 11.3. The van der Waals surface area contributed by atoms with Gasteiger partial charge < -0.3 is 5.32 Å². The number of para-hydroxylation sites is 1. The van der Waals surface area contributed by atoms with E-state index in [9.17, 15) is 14.4 Å². The average Bonchev–Trinajstić information content (AvgIpc) is 2.73. The molecule has 0 aromatic heterocycles. The molecule has 3 amide bonds. The Morgan fingerprint density at radius 3 is 2.48 bits per heavy atom. The van der Waals surface area contributed by atoms with Gasteiger partial charge in [0.15, 0.2) is 0 Å². The highest BCUT2D eigenvalue weighted by Gasteiger charge is 2.38. The summed E-state index contributed by atoms with van der Waals surface area (Å²) in [5, 5.41) is 2.47. The minimum Gasteiger partial charge on any atom is -0.328 e. The smallest absolute Gasteiger partial charge is 0.268 e. The third-order valence-corrected chi connectivity index (χ3v) is 3.49. The first-order valence-electron chi connectivity index (χ1n) is 6.42. The number of rotatable bonds is 3. The van der Waals surface area contributed by atoms with Crippen LogP contribution in [0.3, 0.4) is 0 Å². The van der Waals surface area contributed by atoms with Crippen molar-refractivity contribution in [2.75, 3.05) is 10.2 Å². The molecule has 0 saturated heterocycles. The Kier molecular flexibility index (Phi) is 3.02. The maximum atomic E-state index is 12.6. The topological polar surface area (TPSA) is 66.5 Å². The van der Waals surface area contributed by atoms with E-state index in [1.807, 2.05) is 19.1 Å². The molecule has 0 atom stereocenters. The summed E-state index contributed by atoms with van der Waals surface area (Å²) in [5.41, 5.74) is 2.27. The summed E-state index contributed by atoms with van der Waals surface area (Å²) in [4.78, 5) is 36.9. The fourth-order valence-corrected chi connectivity index (χ4v) is 2.50. The van der Waals surface area contributed by atoms with E-state index < -0.39 is 5.91 Å². The largest absolute Gasteiger partial charge is 0.328 e. The molecule has 5 heteroatoms. The van der Waals surface area contributed by atoms with Crippen LogP contribution < -0.4 is 10.2 Å². The monoisotopic (exact) mass is 280 g/mol. The van der Waals surface area contributed by atoms with Crippen molar-refractivity contribution in [1.82, 2.24) is 0 Å². The Bertz CT molecular complexity index is 768. The van der Waals surface area contributed by atoms with Crippen molar-refractivity contribution in [2.24, 2.45) is 0 Å². The molecule has 1 aliphatic rings. The molecule has 1 aliphatic heterocycles. The van der Waals surface area contributed by atoms with Crippen LogP contribution in [0.1, 0.15) is 26.3 Å². The second kappa shape index (κ2) is 4.86. The molecule has 0 aliphatic carbocycles. The van der Waals surface area contributed by atoms with Gasteiger partial charge in [-0.05, 0) is 30.7 Å². The molecule has 0 unspecified atom stereocenters. The number of carbonyl (C=O) groups is 3. The summed E-state index contributed by atoms with van der Waals surface area (Å²) in [6, 6.07) is 12.0. The van der Waals surface area contributed by atoms with Crippen LogP contribution in [-0.2, 0) is 4.79 Å². The minimum atomic E-state index is -0.422. The van der Waals surface area contributed by atoms with Crippen molar-refractivity contribution in [3.8, 4) is 0 Å². The minimum absolute atomic E-state index is 0.234. The summed E-state index contributed by atoms with van der Waals surface area (Å²) in [5.74, 6) is -0.798. The van der Waals surface area contributed by atoms with Crippen LogP contribution >= 0.6 is 0 Å². The Morgan fingerprint density at radius 2 is 1.76 bits per heavy atom. The van der Waals surface area contributed by atoms with E-state index in [1.165, 1.54) is 0 Å². The molecule has 0 bridgehead atoms. The van der Waals surface area contributed by atoms with Crippen LogP contribution in [0, 0.1) is 6.92 Å². The zero-order chi connectivity index (χ0) is 15.0. The normalized spacial score (nSPS) is 13.3. The van der Waals surface area contributed by atoms with E-state index in [-0.39, 0.29) is 11.5 Å². The van der Waals surface area contributed by atoms with Gasteiger partial charge in [0.05, 0.1) is 22.5 Å². The Morgan fingerprint density at radius 1 is 1.00 bits per heavy atom. The van der Waals surface area contributed by atoms with E-state index >= 15 is 0 Å². The number of hydrogen-bond donors (Lipinski definition) is 1. The van der Waals surface area contributed by atoms with Crippen molar-refractivity contribution in [2.45, 2.75) is 6.92 Å². The quantitative estimate of drug-likeness (QED) is 0.693. The Labute approximate surface area is 121 Å². The van der Waals surface area contributed by atoms with Gasteiger partial charge in [-0.15, -0.1) is 0 Å². The van der Waals surface area contributed by atoms with Gasteiger partial charge in [-0.1, -0.05) is 24.3 Å². The molecular weight excluding hydrogens is 268 g/mol. The zero-order valence-electron chi connectivity index (χ0n) is 11.3. The van der Waals surface area contributed by atoms with Gasteiger partial charge in [-0.2, -0.15) is 0 Å². The van der Waals surface area contributed by atoms with E-state index in [4.69, 9.17) is 0 Å². The lowest BCUT2D eigenvalue weighted by Gasteiger charge is -2.16. The molecule has 21 heavy (non-hydrogen) atoms. The van der Waals surface area contributed by atoms with Gasteiger partial charge in [0.1, 0.15) is 0 Å². The molecule has 1 N–H and O–H groups in total. The summed E-state index contributed by atoms with van der Waals surface area (Å²) in [6.07, 6.45) is 0.490. The summed E-state index contributed by atoms with van der Waals surface area (Å²) >= 11 is 0. The highest BCUT2D eigenvalue weighted by atomic mass is 16.2. The van der Waals surface area contributed by atoms with Gasteiger partial charge in [0.25, 0.3) is 11.8 Å². The van der Waals surface area contributed by atoms with Crippen molar-refractivity contribution >= 4 is 29.6 Å². The SMILES string of the molecule is Cc1ccccc1N1C(=O)c2cccc(NC=O)c2C1=O. The van der Waals surface area contributed by atoms with Gasteiger partial charge in [-0.25, -0.2) is 4.90 Å². The van der Waals surface area contributed by atoms with Crippen LogP contribution in [0.25, 0.3) is 0 Å². The molecule has 0 fully saturated rings. The number of anilines is 2. The Balaban J connectivity index is 2.16. The fraction of sp³-hybridized carbons (Fsp3) is 0.0625. The van der Waals surface area contributed by atoms with Crippen LogP contribution in [0.2, 0.25) is 0 Å².